The summed E-state index contributed by atoms with van der Waals surface area (Å²) in [5.41, 5.74) is -0.281. The standard InChI is InChI=1S/C9H9FN6O2/c1-11-5-9-12-13-14-15(9)8-4-6(16(17)18)2-3-7(8)10/h2-4,11H,5H2,1H3. The van der Waals surface area contributed by atoms with Gasteiger partial charge in [-0.15, -0.1) is 5.10 Å². The molecule has 1 N–H and O–H groups in total. The van der Waals surface area contributed by atoms with Gasteiger partial charge in [0.25, 0.3) is 5.69 Å². The van der Waals surface area contributed by atoms with Crippen LogP contribution in [0, 0.1) is 15.9 Å². The number of nitrogens with zero attached hydrogens (tertiary/aromatic N) is 5. The van der Waals surface area contributed by atoms with Crippen LogP contribution in [0.15, 0.2) is 18.2 Å². The van der Waals surface area contributed by atoms with E-state index < -0.39 is 10.7 Å². The first-order chi connectivity index (χ1) is 8.63. The SMILES string of the molecule is CNCc1nnnn1-c1cc([N+](=O)[O-])ccc1F. The zero-order valence-corrected chi connectivity index (χ0v) is 9.37. The second-order valence-electron chi connectivity index (χ2n) is 3.43. The third kappa shape index (κ3) is 2.15. The molecule has 0 unspecified atom stereocenters. The maximum absolute atomic E-state index is 13.7. The number of benzene rings is 1. The summed E-state index contributed by atoms with van der Waals surface area (Å²) in [6, 6.07) is 3.18. The third-order valence-electron chi connectivity index (χ3n) is 2.24. The van der Waals surface area contributed by atoms with E-state index in [0.29, 0.717) is 12.4 Å². The van der Waals surface area contributed by atoms with Crippen LogP contribution in [0.25, 0.3) is 5.69 Å². The number of tetrazole rings is 1. The van der Waals surface area contributed by atoms with Crippen molar-refractivity contribution in [2.75, 3.05) is 7.05 Å². The Morgan fingerprint density at radius 3 is 3.00 bits per heavy atom. The number of non-ortho nitro benzene ring substituents is 1. The van der Waals surface area contributed by atoms with Crippen LogP contribution in [0.4, 0.5) is 10.1 Å². The Morgan fingerprint density at radius 2 is 2.33 bits per heavy atom. The minimum absolute atomic E-state index is 0.0561. The van der Waals surface area contributed by atoms with E-state index in [1.807, 2.05) is 0 Å². The highest BCUT2D eigenvalue weighted by molar-refractivity contribution is 5.44. The van der Waals surface area contributed by atoms with E-state index in [0.717, 1.165) is 22.9 Å². The van der Waals surface area contributed by atoms with Crippen molar-refractivity contribution in [1.82, 2.24) is 25.5 Å². The predicted molar refractivity (Wildman–Crippen MR) is 58.5 cm³/mol. The van der Waals surface area contributed by atoms with E-state index >= 15 is 0 Å². The average Bonchev–Trinajstić information content (AvgIpc) is 2.78. The molecule has 2 rings (SSSR count). The van der Waals surface area contributed by atoms with Gasteiger partial charge in [-0.25, -0.2) is 4.39 Å². The molecule has 0 bridgehead atoms. The normalized spacial score (nSPS) is 10.6. The molecule has 0 saturated carbocycles. The van der Waals surface area contributed by atoms with Crippen LogP contribution < -0.4 is 5.32 Å². The quantitative estimate of drug-likeness (QED) is 0.625. The topological polar surface area (TPSA) is 98.8 Å². The van der Waals surface area contributed by atoms with Crippen molar-refractivity contribution >= 4 is 5.69 Å². The minimum atomic E-state index is -0.634. The highest BCUT2D eigenvalue weighted by atomic mass is 19.1. The maximum Gasteiger partial charge on any atom is 0.271 e. The van der Waals surface area contributed by atoms with E-state index in [9.17, 15) is 14.5 Å². The van der Waals surface area contributed by atoms with Crippen LogP contribution in [-0.4, -0.2) is 32.2 Å². The lowest BCUT2D eigenvalue weighted by Gasteiger charge is -2.05. The van der Waals surface area contributed by atoms with Crippen LogP contribution in [0.1, 0.15) is 5.82 Å². The van der Waals surface area contributed by atoms with Crippen molar-refractivity contribution in [3.63, 3.8) is 0 Å². The fourth-order valence-electron chi connectivity index (χ4n) is 1.44. The van der Waals surface area contributed by atoms with Crippen LogP contribution in [-0.2, 0) is 6.54 Å². The fraction of sp³-hybridized carbons (Fsp3) is 0.222. The molecule has 1 heterocycles. The molecule has 8 nitrogen and oxygen atoms in total. The molecule has 18 heavy (non-hydrogen) atoms. The first-order valence-corrected chi connectivity index (χ1v) is 4.99. The maximum atomic E-state index is 13.7. The first kappa shape index (κ1) is 12.0. The minimum Gasteiger partial charge on any atom is -0.313 e. The highest BCUT2D eigenvalue weighted by Gasteiger charge is 2.16. The Labute approximate surface area is 101 Å². The molecular weight excluding hydrogens is 243 g/mol. The molecule has 0 amide bonds. The lowest BCUT2D eigenvalue weighted by Crippen LogP contribution is -2.13. The summed E-state index contributed by atoms with van der Waals surface area (Å²) in [7, 11) is 1.68. The number of aromatic nitrogens is 4. The van der Waals surface area contributed by atoms with E-state index in [-0.39, 0.29) is 11.4 Å². The third-order valence-corrected chi connectivity index (χ3v) is 2.24. The van der Waals surface area contributed by atoms with E-state index in [4.69, 9.17) is 0 Å². The van der Waals surface area contributed by atoms with Crippen LogP contribution in [0.2, 0.25) is 0 Å². The fourth-order valence-corrected chi connectivity index (χ4v) is 1.44. The summed E-state index contributed by atoms with van der Waals surface area (Å²) < 4.78 is 14.8. The number of hydrogen-bond donors (Lipinski definition) is 1. The number of nitrogens with one attached hydrogen (secondary N) is 1. The van der Waals surface area contributed by atoms with Gasteiger partial charge in [-0.2, -0.15) is 4.68 Å². The Hall–Kier alpha value is -2.42. The molecule has 0 saturated heterocycles. The van der Waals surface area contributed by atoms with Crippen LogP contribution in [0.3, 0.4) is 0 Å². The van der Waals surface area contributed by atoms with Crippen molar-refractivity contribution in [2.24, 2.45) is 0 Å². The highest BCUT2D eigenvalue weighted by Crippen LogP contribution is 2.20. The molecule has 0 spiro atoms. The Bertz CT molecular complexity index is 584. The zero-order chi connectivity index (χ0) is 13.1. The summed E-state index contributed by atoms with van der Waals surface area (Å²) in [5.74, 6) is -0.276. The summed E-state index contributed by atoms with van der Waals surface area (Å²) in [4.78, 5) is 10.0. The molecule has 2 aromatic rings. The Kier molecular flexibility index (Phi) is 3.24. The van der Waals surface area contributed by atoms with Gasteiger partial charge >= 0.3 is 0 Å². The van der Waals surface area contributed by atoms with Crippen LogP contribution in [0.5, 0.6) is 0 Å². The monoisotopic (exact) mass is 252 g/mol. The molecule has 0 radical (unpaired) electrons. The molecule has 0 aliphatic heterocycles. The number of nitro benzene ring substituents is 1. The van der Waals surface area contributed by atoms with E-state index in [2.05, 4.69) is 20.8 Å². The molecule has 1 aromatic heterocycles. The van der Waals surface area contributed by atoms with Crippen molar-refractivity contribution in [3.8, 4) is 5.69 Å². The second-order valence-corrected chi connectivity index (χ2v) is 3.43. The van der Waals surface area contributed by atoms with Crippen molar-refractivity contribution < 1.29 is 9.31 Å². The van der Waals surface area contributed by atoms with Gasteiger partial charge in [0.2, 0.25) is 0 Å². The largest absolute Gasteiger partial charge is 0.313 e. The second kappa shape index (κ2) is 4.84. The predicted octanol–water partition coefficient (Wildman–Crippen LogP) is 0.429. The molecule has 0 fully saturated rings. The molecule has 9 heteroatoms. The molecule has 1 aromatic carbocycles. The molecule has 0 aliphatic rings. The van der Waals surface area contributed by atoms with E-state index in [1.54, 1.807) is 7.05 Å². The van der Waals surface area contributed by atoms with Gasteiger partial charge in [0, 0.05) is 12.1 Å². The smallest absolute Gasteiger partial charge is 0.271 e. The molecule has 94 valence electrons. The lowest BCUT2D eigenvalue weighted by molar-refractivity contribution is -0.384. The van der Waals surface area contributed by atoms with Gasteiger partial charge in [-0.1, -0.05) is 0 Å². The van der Waals surface area contributed by atoms with Gasteiger partial charge in [0.05, 0.1) is 11.5 Å². The molecular formula is C9H9FN6O2. The first-order valence-electron chi connectivity index (χ1n) is 4.99. The summed E-state index contributed by atoms with van der Waals surface area (Å²) in [6.07, 6.45) is 0. The molecule has 0 aliphatic carbocycles. The van der Waals surface area contributed by atoms with Gasteiger partial charge in [-0.05, 0) is 23.5 Å². The average molecular weight is 252 g/mol. The van der Waals surface area contributed by atoms with Gasteiger partial charge < -0.3 is 5.32 Å². The molecule has 0 atom stereocenters. The van der Waals surface area contributed by atoms with Gasteiger partial charge in [0.1, 0.15) is 11.5 Å². The van der Waals surface area contributed by atoms with Gasteiger partial charge in [-0.3, -0.25) is 10.1 Å². The summed E-state index contributed by atoms with van der Waals surface area (Å²) in [6.45, 7) is 0.315. The number of hydrogen-bond acceptors (Lipinski definition) is 6. The van der Waals surface area contributed by atoms with E-state index in [1.165, 1.54) is 0 Å². The van der Waals surface area contributed by atoms with Crippen molar-refractivity contribution in [2.45, 2.75) is 6.54 Å². The summed E-state index contributed by atoms with van der Waals surface area (Å²) in [5, 5.41) is 24.2. The van der Waals surface area contributed by atoms with Crippen molar-refractivity contribution in [1.29, 1.82) is 0 Å². The van der Waals surface area contributed by atoms with Crippen LogP contribution >= 0.6 is 0 Å². The number of rotatable bonds is 4. The Morgan fingerprint density at radius 1 is 1.56 bits per heavy atom. The number of nitro groups is 1. The van der Waals surface area contributed by atoms with Crippen molar-refractivity contribution in [3.05, 3.63) is 40.0 Å². The summed E-state index contributed by atoms with van der Waals surface area (Å²) >= 11 is 0. The zero-order valence-electron chi connectivity index (χ0n) is 9.37. The Balaban J connectivity index is 2.52. The van der Waals surface area contributed by atoms with Gasteiger partial charge in [0.15, 0.2) is 5.82 Å². The number of halogens is 1. The lowest BCUT2D eigenvalue weighted by atomic mass is 10.2.